The van der Waals surface area contributed by atoms with E-state index in [1.807, 2.05) is 50.2 Å². The van der Waals surface area contributed by atoms with E-state index in [4.69, 9.17) is 0 Å². The van der Waals surface area contributed by atoms with E-state index in [9.17, 15) is 9.59 Å². The molecule has 0 bridgehead atoms. The molecule has 2 aromatic carbocycles. The summed E-state index contributed by atoms with van der Waals surface area (Å²) in [5.74, 6) is -0.494. The summed E-state index contributed by atoms with van der Waals surface area (Å²) >= 11 is 0. The molecular weight excluding hydrogens is 338 g/mol. The van der Waals surface area contributed by atoms with Crippen LogP contribution in [-0.4, -0.2) is 41.0 Å². The fourth-order valence-corrected chi connectivity index (χ4v) is 4.96. The van der Waals surface area contributed by atoms with Crippen LogP contribution in [0.15, 0.2) is 48.5 Å². The lowest BCUT2D eigenvalue weighted by Crippen LogP contribution is -2.44. The molecule has 2 amide bonds. The highest BCUT2D eigenvalue weighted by Crippen LogP contribution is 2.49. The van der Waals surface area contributed by atoms with E-state index >= 15 is 0 Å². The molecule has 0 spiro atoms. The van der Waals surface area contributed by atoms with Crippen LogP contribution in [0, 0.1) is 19.8 Å². The highest BCUT2D eigenvalue weighted by Gasteiger charge is 2.62. The van der Waals surface area contributed by atoms with Gasteiger partial charge >= 0.3 is 0 Å². The quantitative estimate of drug-likeness (QED) is 0.772. The molecule has 0 aliphatic carbocycles. The number of carbonyl (C=O) groups is 2. The van der Waals surface area contributed by atoms with Gasteiger partial charge in [-0.25, -0.2) is 14.9 Å². The monoisotopic (exact) mass is 361 g/mol. The van der Waals surface area contributed by atoms with E-state index < -0.39 is 0 Å². The zero-order valence-corrected chi connectivity index (χ0v) is 15.6. The maximum Gasteiger partial charge on any atom is 0.253 e. The number of nitrogens with zero attached hydrogens (tertiary/aromatic N) is 3. The van der Waals surface area contributed by atoms with Crippen LogP contribution in [0.3, 0.4) is 0 Å². The molecule has 138 valence electrons. The molecule has 0 radical (unpaired) electrons. The fraction of sp³-hybridized carbons (Fsp3) is 0.364. The van der Waals surface area contributed by atoms with Crippen molar-refractivity contribution in [2.24, 2.45) is 5.92 Å². The minimum Gasteiger partial charge on any atom is -0.274 e. The summed E-state index contributed by atoms with van der Waals surface area (Å²) in [5, 5.41) is 4.40. The third-order valence-electron chi connectivity index (χ3n) is 6.15. The van der Waals surface area contributed by atoms with Crippen molar-refractivity contribution in [1.82, 2.24) is 10.0 Å². The standard InChI is InChI=1S/C22H23N3O2/c1-14-9-10-15(2)17(13-14)25-21(26)18-19(16-7-4-3-5-8-16)23-11-6-12-24(23)20(18)22(25)27/h3-5,7-10,13,18-20H,6,11-12H2,1-2H3/t18-,19-,20+/m0/s1. The van der Waals surface area contributed by atoms with Crippen LogP contribution in [0.25, 0.3) is 0 Å². The summed E-state index contributed by atoms with van der Waals surface area (Å²) < 4.78 is 0. The minimum absolute atomic E-state index is 0.0646. The van der Waals surface area contributed by atoms with Crippen LogP contribution < -0.4 is 4.90 Å². The number of hydrogen-bond donors (Lipinski definition) is 0. The number of aryl methyl sites for hydroxylation is 2. The van der Waals surface area contributed by atoms with Crippen molar-refractivity contribution in [2.75, 3.05) is 18.0 Å². The van der Waals surface area contributed by atoms with E-state index in [-0.39, 0.29) is 29.8 Å². The molecule has 3 atom stereocenters. The van der Waals surface area contributed by atoms with Gasteiger partial charge in [-0.05, 0) is 43.0 Å². The molecule has 0 saturated carbocycles. The van der Waals surface area contributed by atoms with Gasteiger partial charge < -0.3 is 0 Å². The molecule has 27 heavy (non-hydrogen) atoms. The summed E-state index contributed by atoms with van der Waals surface area (Å²) in [5.41, 5.74) is 3.85. The number of hydrazine groups is 1. The Bertz CT molecular complexity index is 926. The van der Waals surface area contributed by atoms with E-state index in [0.29, 0.717) is 0 Å². The molecule has 3 fully saturated rings. The lowest BCUT2D eigenvalue weighted by atomic mass is 9.90. The van der Waals surface area contributed by atoms with Gasteiger partial charge in [-0.1, -0.05) is 42.5 Å². The Labute approximate surface area is 159 Å². The maximum atomic E-state index is 13.5. The molecule has 3 aliphatic heterocycles. The van der Waals surface area contributed by atoms with Gasteiger partial charge in [0.05, 0.1) is 17.6 Å². The third kappa shape index (κ3) is 2.32. The molecule has 0 N–H and O–H groups in total. The normalized spacial score (nSPS) is 28.1. The molecule has 3 heterocycles. The Morgan fingerprint density at radius 1 is 0.852 bits per heavy atom. The summed E-state index contributed by atoms with van der Waals surface area (Å²) in [7, 11) is 0. The van der Waals surface area contributed by atoms with Crippen LogP contribution in [0.4, 0.5) is 5.69 Å². The van der Waals surface area contributed by atoms with Gasteiger partial charge in [0.1, 0.15) is 6.04 Å². The van der Waals surface area contributed by atoms with Crippen LogP contribution >= 0.6 is 0 Å². The number of carbonyl (C=O) groups excluding carboxylic acids is 2. The molecule has 3 aliphatic rings. The van der Waals surface area contributed by atoms with Crippen molar-refractivity contribution in [3.63, 3.8) is 0 Å². The third-order valence-corrected chi connectivity index (χ3v) is 6.15. The number of hydrogen-bond acceptors (Lipinski definition) is 4. The smallest absolute Gasteiger partial charge is 0.253 e. The van der Waals surface area contributed by atoms with Gasteiger partial charge in [-0.2, -0.15) is 0 Å². The van der Waals surface area contributed by atoms with Crippen LogP contribution in [-0.2, 0) is 9.59 Å². The SMILES string of the molecule is Cc1ccc(C)c(N2C(=O)[C@@H]3[C@H](C2=O)N2CCCN2[C@H]3c2ccccc2)c1. The molecule has 5 heteroatoms. The van der Waals surface area contributed by atoms with Crippen molar-refractivity contribution in [3.8, 4) is 0 Å². The average Bonchev–Trinajstić information content (AvgIpc) is 3.31. The Hall–Kier alpha value is -2.50. The van der Waals surface area contributed by atoms with Gasteiger partial charge in [0.25, 0.3) is 5.91 Å². The van der Waals surface area contributed by atoms with Crippen molar-refractivity contribution in [1.29, 1.82) is 0 Å². The summed E-state index contributed by atoms with van der Waals surface area (Å²) in [6, 6.07) is 15.6. The van der Waals surface area contributed by atoms with Crippen LogP contribution in [0.1, 0.15) is 29.2 Å². The predicted octanol–water partition coefficient (Wildman–Crippen LogP) is 2.84. The molecule has 5 rings (SSSR count). The topological polar surface area (TPSA) is 43.9 Å². The van der Waals surface area contributed by atoms with Crippen LogP contribution in [0.5, 0.6) is 0 Å². The van der Waals surface area contributed by atoms with E-state index in [0.717, 1.165) is 41.9 Å². The Balaban J connectivity index is 1.61. The highest BCUT2D eigenvalue weighted by molar-refractivity contribution is 6.24. The lowest BCUT2D eigenvalue weighted by molar-refractivity contribution is -0.126. The molecule has 2 aromatic rings. The van der Waals surface area contributed by atoms with Crippen LogP contribution in [0.2, 0.25) is 0 Å². The second-order valence-corrected chi connectivity index (χ2v) is 7.81. The Morgan fingerprint density at radius 3 is 2.30 bits per heavy atom. The molecular formula is C22H23N3O2. The van der Waals surface area contributed by atoms with Gasteiger partial charge in [0, 0.05) is 13.1 Å². The fourth-order valence-electron chi connectivity index (χ4n) is 4.96. The summed E-state index contributed by atoms with van der Waals surface area (Å²) in [6.07, 6.45) is 1.03. The molecule has 3 saturated heterocycles. The number of imide groups is 1. The Morgan fingerprint density at radius 2 is 1.56 bits per heavy atom. The minimum atomic E-state index is -0.384. The predicted molar refractivity (Wildman–Crippen MR) is 103 cm³/mol. The van der Waals surface area contributed by atoms with E-state index in [1.165, 1.54) is 4.90 Å². The maximum absolute atomic E-state index is 13.5. The first-order valence-corrected chi connectivity index (χ1v) is 9.61. The number of anilines is 1. The van der Waals surface area contributed by atoms with Gasteiger partial charge in [0.15, 0.2) is 0 Å². The van der Waals surface area contributed by atoms with E-state index in [1.54, 1.807) is 0 Å². The van der Waals surface area contributed by atoms with Crippen molar-refractivity contribution in [2.45, 2.75) is 32.4 Å². The first-order valence-electron chi connectivity index (χ1n) is 9.61. The highest BCUT2D eigenvalue weighted by atomic mass is 16.2. The lowest BCUT2D eigenvalue weighted by Gasteiger charge is -2.30. The zero-order valence-electron chi connectivity index (χ0n) is 15.6. The summed E-state index contributed by atoms with van der Waals surface area (Å²) in [4.78, 5) is 28.4. The zero-order chi connectivity index (χ0) is 18.7. The summed E-state index contributed by atoms with van der Waals surface area (Å²) in [6.45, 7) is 5.69. The van der Waals surface area contributed by atoms with E-state index in [2.05, 4.69) is 22.2 Å². The average molecular weight is 361 g/mol. The number of amides is 2. The largest absolute Gasteiger partial charge is 0.274 e. The van der Waals surface area contributed by atoms with Gasteiger partial charge in [-0.15, -0.1) is 0 Å². The number of benzene rings is 2. The second-order valence-electron chi connectivity index (χ2n) is 7.81. The van der Waals surface area contributed by atoms with Gasteiger partial charge in [0.2, 0.25) is 5.91 Å². The molecule has 0 aromatic heterocycles. The van der Waals surface area contributed by atoms with Crippen molar-refractivity contribution >= 4 is 17.5 Å². The Kier molecular flexibility index (Phi) is 3.71. The molecule has 5 nitrogen and oxygen atoms in total. The number of fused-ring (bicyclic) bond motifs is 3. The first kappa shape index (κ1) is 16.7. The second kappa shape index (κ2) is 6.01. The molecule has 0 unspecified atom stereocenters. The van der Waals surface area contributed by atoms with Crippen molar-refractivity contribution < 1.29 is 9.59 Å². The number of rotatable bonds is 2. The first-order chi connectivity index (χ1) is 13.1. The van der Waals surface area contributed by atoms with Gasteiger partial charge in [-0.3, -0.25) is 9.59 Å². The van der Waals surface area contributed by atoms with Crippen molar-refractivity contribution in [3.05, 3.63) is 65.2 Å².